The molecule has 0 spiro atoms. The monoisotopic (exact) mass is 297 g/mol. The Bertz CT molecular complexity index is 412. The van der Waals surface area contributed by atoms with E-state index in [2.05, 4.69) is 12.2 Å². The molecule has 5 heteroatoms. The summed E-state index contributed by atoms with van der Waals surface area (Å²) in [4.78, 5) is 12.0. The van der Waals surface area contributed by atoms with Crippen LogP contribution in [0.15, 0.2) is 24.3 Å². The van der Waals surface area contributed by atoms with E-state index in [1.54, 1.807) is 7.11 Å². The average molecular weight is 297 g/mol. The second kappa shape index (κ2) is 9.53. The summed E-state index contributed by atoms with van der Waals surface area (Å²) in [5.74, 6) is 2.54. The van der Waals surface area contributed by atoms with Gasteiger partial charge >= 0.3 is 5.97 Å². The Kier molecular flexibility index (Phi) is 7.95. The fourth-order valence-electron chi connectivity index (χ4n) is 1.75. The number of hydrogen-bond acceptors (Lipinski definition) is 5. The van der Waals surface area contributed by atoms with Gasteiger partial charge in [-0.2, -0.15) is 11.8 Å². The van der Waals surface area contributed by atoms with E-state index < -0.39 is 0 Å². The topological polar surface area (TPSA) is 47.6 Å². The summed E-state index contributed by atoms with van der Waals surface area (Å²) in [7, 11) is 1.62. The third kappa shape index (κ3) is 5.74. The van der Waals surface area contributed by atoms with E-state index in [1.807, 2.05) is 43.0 Å². The van der Waals surface area contributed by atoms with E-state index >= 15 is 0 Å². The number of hydrogen-bond donors (Lipinski definition) is 1. The molecule has 0 aromatic heterocycles. The van der Waals surface area contributed by atoms with Gasteiger partial charge in [0.15, 0.2) is 0 Å². The molecule has 0 bridgehead atoms. The number of rotatable bonds is 9. The molecule has 1 unspecified atom stereocenters. The number of ether oxygens (including phenoxy) is 2. The Balaban J connectivity index is 2.68. The van der Waals surface area contributed by atoms with Gasteiger partial charge in [0.1, 0.15) is 11.8 Å². The Labute approximate surface area is 125 Å². The molecule has 0 saturated heterocycles. The molecule has 0 aliphatic rings. The van der Waals surface area contributed by atoms with Gasteiger partial charge in [-0.25, -0.2) is 4.79 Å². The second-order valence-electron chi connectivity index (χ2n) is 4.17. The van der Waals surface area contributed by atoms with Crippen molar-refractivity contribution in [3.05, 3.63) is 24.3 Å². The summed E-state index contributed by atoms with van der Waals surface area (Å²) >= 11 is 1.82. The third-order valence-corrected chi connectivity index (χ3v) is 3.67. The first-order valence-corrected chi connectivity index (χ1v) is 8.01. The van der Waals surface area contributed by atoms with Crippen molar-refractivity contribution in [2.24, 2.45) is 0 Å². The quantitative estimate of drug-likeness (QED) is 0.560. The molecule has 0 radical (unpaired) electrons. The van der Waals surface area contributed by atoms with Crippen molar-refractivity contribution in [3.63, 3.8) is 0 Å². The van der Waals surface area contributed by atoms with E-state index in [1.165, 1.54) is 0 Å². The Morgan fingerprint density at radius 1 is 1.40 bits per heavy atom. The molecule has 1 aromatic rings. The molecular formula is C15H23NO3S. The fourth-order valence-corrected chi connectivity index (χ4v) is 2.44. The average Bonchev–Trinajstić information content (AvgIpc) is 2.47. The molecule has 1 aromatic carbocycles. The van der Waals surface area contributed by atoms with Crippen LogP contribution in [-0.2, 0) is 9.53 Å². The molecule has 4 nitrogen and oxygen atoms in total. The summed E-state index contributed by atoms with van der Waals surface area (Å²) in [6.45, 7) is 4.33. The highest BCUT2D eigenvalue weighted by Gasteiger charge is 2.19. The van der Waals surface area contributed by atoms with Crippen molar-refractivity contribution < 1.29 is 14.3 Å². The minimum Gasteiger partial charge on any atom is -0.497 e. The molecule has 1 rings (SSSR count). The summed E-state index contributed by atoms with van der Waals surface area (Å²) in [5.41, 5.74) is 0.865. The summed E-state index contributed by atoms with van der Waals surface area (Å²) in [6.07, 6.45) is 0.745. The predicted molar refractivity (Wildman–Crippen MR) is 84.7 cm³/mol. The first-order chi connectivity index (χ1) is 9.71. The van der Waals surface area contributed by atoms with Crippen LogP contribution in [0, 0.1) is 0 Å². The van der Waals surface area contributed by atoms with Crippen LogP contribution in [0.25, 0.3) is 0 Å². The van der Waals surface area contributed by atoms with Gasteiger partial charge in [-0.15, -0.1) is 0 Å². The molecule has 0 heterocycles. The molecular weight excluding hydrogens is 274 g/mol. The lowest BCUT2D eigenvalue weighted by Crippen LogP contribution is -2.32. The lowest BCUT2D eigenvalue weighted by molar-refractivity contribution is -0.144. The smallest absolute Gasteiger partial charge is 0.328 e. The zero-order valence-corrected chi connectivity index (χ0v) is 13.2. The molecule has 20 heavy (non-hydrogen) atoms. The van der Waals surface area contributed by atoms with Crippen LogP contribution in [0.2, 0.25) is 0 Å². The first-order valence-electron chi connectivity index (χ1n) is 6.86. The number of nitrogens with one attached hydrogen (secondary N) is 1. The molecule has 0 fully saturated rings. The van der Waals surface area contributed by atoms with Crippen molar-refractivity contribution >= 4 is 23.4 Å². The van der Waals surface area contributed by atoms with Crippen LogP contribution in [0.4, 0.5) is 5.69 Å². The number of methoxy groups -OCH3 is 1. The Morgan fingerprint density at radius 2 is 2.20 bits per heavy atom. The van der Waals surface area contributed by atoms with Gasteiger partial charge in [0.2, 0.25) is 0 Å². The number of carbonyl (C=O) groups is 1. The summed E-state index contributed by atoms with van der Waals surface area (Å²) < 4.78 is 10.3. The van der Waals surface area contributed by atoms with E-state index in [0.29, 0.717) is 6.61 Å². The second-order valence-corrected chi connectivity index (χ2v) is 5.56. The Hall–Kier alpha value is -1.36. The molecule has 1 N–H and O–H groups in total. The number of benzene rings is 1. The van der Waals surface area contributed by atoms with Crippen molar-refractivity contribution in [3.8, 4) is 5.75 Å². The zero-order valence-electron chi connectivity index (χ0n) is 12.3. The van der Waals surface area contributed by atoms with Gasteiger partial charge in [0.25, 0.3) is 0 Å². The maximum absolute atomic E-state index is 12.0. The van der Waals surface area contributed by atoms with Crippen LogP contribution in [0.5, 0.6) is 5.75 Å². The zero-order chi connectivity index (χ0) is 14.8. The van der Waals surface area contributed by atoms with Crippen LogP contribution in [0.1, 0.15) is 20.3 Å². The SMILES string of the molecule is CCOC(=O)C(CCSCC)Nc1cccc(OC)c1. The van der Waals surface area contributed by atoms with Gasteiger partial charge < -0.3 is 14.8 Å². The van der Waals surface area contributed by atoms with E-state index in [4.69, 9.17) is 9.47 Å². The summed E-state index contributed by atoms with van der Waals surface area (Å²) in [6, 6.07) is 7.24. The van der Waals surface area contributed by atoms with Crippen LogP contribution in [0.3, 0.4) is 0 Å². The molecule has 0 amide bonds. The minimum atomic E-state index is -0.318. The summed E-state index contributed by atoms with van der Waals surface area (Å²) in [5, 5.41) is 3.23. The maximum Gasteiger partial charge on any atom is 0.328 e. The molecule has 1 atom stereocenters. The van der Waals surface area contributed by atoms with E-state index in [-0.39, 0.29) is 12.0 Å². The lowest BCUT2D eigenvalue weighted by atomic mass is 10.2. The lowest BCUT2D eigenvalue weighted by Gasteiger charge is -2.18. The van der Waals surface area contributed by atoms with Crippen LogP contribution >= 0.6 is 11.8 Å². The van der Waals surface area contributed by atoms with Crippen LogP contribution in [-0.4, -0.2) is 37.2 Å². The minimum absolute atomic E-state index is 0.202. The van der Waals surface area contributed by atoms with Gasteiger partial charge in [-0.05, 0) is 37.0 Å². The largest absolute Gasteiger partial charge is 0.497 e. The number of thioether (sulfide) groups is 1. The van der Waals surface area contributed by atoms with Crippen molar-refractivity contribution in [2.75, 3.05) is 30.5 Å². The van der Waals surface area contributed by atoms with E-state index in [0.717, 1.165) is 29.4 Å². The first kappa shape index (κ1) is 16.7. The van der Waals surface area contributed by atoms with Gasteiger partial charge in [0, 0.05) is 11.8 Å². The number of esters is 1. The van der Waals surface area contributed by atoms with Gasteiger partial charge in [0.05, 0.1) is 13.7 Å². The van der Waals surface area contributed by atoms with Gasteiger partial charge in [-0.3, -0.25) is 0 Å². The van der Waals surface area contributed by atoms with Crippen LogP contribution < -0.4 is 10.1 Å². The molecule has 112 valence electrons. The molecule has 0 saturated carbocycles. The fraction of sp³-hybridized carbons (Fsp3) is 0.533. The highest BCUT2D eigenvalue weighted by atomic mass is 32.2. The van der Waals surface area contributed by atoms with E-state index in [9.17, 15) is 4.79 Å². The van der Waals surface area contributed by atoms with Crippen molar-refractivity contribution in [1.29, 1.82) is 0 Å². The highest BCUT2D eigenvalue weighted by Crippen LogP contribution is 2.19. The highest BCUT2D eigenvalue weighted by molar-refractivity contribution is 7.99. The van der Waals surface area contributed by atoms with Crippen molar-refractivity contribution in [2.45, 2.75) is 26.3 Å². The number of anilines is 1. The van der Waals surface area contributed by atoms with Crippen molar-refractivity contribution in [1.82, 2.24) is 0 Å². The molecule has 0 aliphatic heterocycles. The molecule has 0 aliphatic carbocycles. The third-order valence-electron chi connectivity index (χ3n) is 2.74. The maximum atomic E-state index is 12.0. The number of carbonyl (C=O) groups excluding carboxylic acids is 1. The van der Waals surface area contributed by atoms with Gasteiger partial charge in [-0.1, -0.05) is 13.0 Å². The Morgan fingerprint density at radius 3 is 2.85 bits per heavy atom. The standard InChI is InChI=1S/C15H23NO3S/c1-4-19-15(17)14(9-10-20-5-2)16-12-7-6-8-13(11-12)18-3/h6-8,11,14,16H,4-5,9-10H2,1-3H3. The predicted octanol–water partition coefficient (Wildman–Crippen LogP) is 3.18. The normalized spacial score (nSPS) is 11.8.